The number of rotatable bonds is 3. The van der Waals surface area contributed by atoms with Crippen LogP contribution in [0.1, 0.15) is 18.4 Å². The summed E-state index contributed by atoms with van der Waals surface area (Å²) in [6, 6.07) is 10.1. The van der Waals surface area contributed by atoms with Gasteiger partial charge in [0.2, 0.25) is 0 Å². The molecular weight excluding hydrogens is 320 g/mol. The van der Waals surface area contributed by atoms with Crippen LogP contribution < -0.4 is 10.6 Å². The Morgan fingerprint density at radius 2 is 1.88 bits per heavy atom. The number of H-pyrrole nitrogens is 1. The van der Waals surface area contributed by atoms with Crippen LogP contribution >= 0.6 is 11.6 Å². The van der Waals surface area contributed by atoms with Gasteiger partial charge in [-0.1, -0.05) is 23.7 Å². The number of hydrogen-bond acceptors (Lipinski definition) is 3. The van der Waals surface area contributed by atoms with Crippen LogP contribution in [0.4, 0.5) is 5.69 Å². The zero-order chi connectivity index (χ0) is 16.6. The van der Waals surface area contributed by atoms with E-state index in [1.807, 2.05) is 30.7 Å². The number of anilines is 1. The minimum absolute atomic E-state index is 0.144. The summed E-state index contributed by atoms with van der Waals surface area (Å²) < 4.78 is 0. The van der Waals surface area contributed by atoms with Gasteiger partial charge in [-0.2, -0.15) is 0 Å². The fourth-order valence-electron chi connectivity index (χ4n) is 3.60. The smallest absolute Gasteiger partial charge is 0.0897 e. The van der Waals surface area contributed by atoms with Gasteiger partial charge < -0.3 is 15.6 Å². The maximum atomic E-state index is 6.68. The molecular formula is C19H21ClN4. The van der Waals surface area contributed by atoms with Gasteiger partial charge in [0.05, 0.1) is 5.52 Å². The normalized spacial score (nSPS) is 17.3. The lowest BCUT2D eigenvalue weighted by molar-refractivity contribution is 0.331. The van der Waals surface area contributed by atoms with Crippen molar-refractivity contribution in [2.75, 3.05) is 18.0 Å². The van der Waals surface area contributed by atoms with Gasteiger partial charge in [0.15, 0.2) is 0 Å². The molecule has 124 valence electrons. The van der Waals surface area contributed by atoms with Gasteiger partial charge in [-0.05, 0) is 43.0 Å². The standard InChI is InChI=1S/C19H21ClN4/c20-15-3-1-14(2-4-15)11-19(21)6-9-24(10-7-19)18-5-8-23-17-13-22-12-16(17)18/h1-5,8,12-13,22H,6-7,9-11,21H2. The molecule has 4 rings (SSSR count). The van der Waals surface area contributed by atoms with Gasteiger partial charge in [-0.15, -0.1) is 0 Å². The van der Waals surface area contributed by atoms with Crippen molar-refractivity contribution >= 4 is 28.2 Å². The number of nitrogens with one attached hydrogen (secondary N) is 1. The Hall–Kier alpha value is -2.04. The molecule has 0 aliphatic carbocycles. The Morgan fingerprint density at radius 1 is 1.12 bits per heavy atom. The van der Waals surface area contributed by atoms with Crippen molar-refractivity contribution in [3.63, 3.8) is 0 Å². The van der Waals surface area contributed by atoms with E-state index in [1.165, 1.54) is 16.6 Å². The molecule has 1 aliphatic rings. The highest BCUT2D eigenvalue weighted by Gasteiger charge is 2.31. The third-order valence-electron chi connectivity index (χ3n) is 5.02. The van der Waals surface area contributed by atoms with E-state index in [4.69, 9.17) is 17.3 Å². The van der Waals surface area contributed by atoms with Crippen LogP contribution in [0.15, 0.2) is 48.9 Å². The average Bonchev–Trinajstić information content (AvgIpc) is 3.06. The van der Waals surface area contributed by atoms with E-state index >= 15 is 0 Å². The highest BCUT2D eigenvalue weighted by Crippen LogP contribution is 2.31. The van der Waals surface area contributed by atoms with Gasteiger partial charge in [-0.3, -0.25) is 4.98 Å². The molecule has 2 aromatic heterocycles. The quantitative estimate of drug-likeness (QED) is 0.763. The van der Waals surface area contributed by atoms with Crippen LogP contribution in [-0.2, 0) is 6.42 Å². The Bertz CT molecular complexity index is 832. The summed E-state index contributed by atoms with van der Waals surface area (Å²) in [6.07, 6.45) is 8.69. The van der Waals surface area contributed by atoms with Gasteiger partial charge in [-0.25, -0.2) is 0 Å². The Kier molecular flexibility index (Phi) is 3.94. The van der Waals surface area contributed by atoms with Crippen LogP contribution in [0.5, 0.6) is 0 Å². The predicted octanol–water partition coefficient (Wildman–Crippen LogP) is 3.76. The molecule has 5 heteroatoms. The lowest BCUT2D eigenvalue weighted by atomic mass is 9.82. The molecule has 1 aromatic carbocycles. The molecule has 3 N–H and O–H groups in total. The summed E-state index contributed by atoms with van der Waals surface area (Å²) in [5, 5.41) is 1.95. The molecule has 24 heavy (non-hydrogen) atoms. The SMILES string of the molecule is NC1(Cc2ccc(Cl)cc2)CCN(c2ccnc3c[nH]cc23)CC1. The second kappa shape index (κ2) is 6.11. The van der Waals surface area contributed by atoms with E-state index in [0.29, 0.717) is 0 Å². The molecule has 0 saturated carbocycles. The van der Waals surface area contributed by atoms with Crippen molar-refractivity contribution in [2.45, 2.75) is 24.8 Å². The van der Waals surface area contributed by atoms with Crippen LogP contribution in [0.25, 0.3) is 10.9 Å². The van der Waals surface area contributed by atoms with Crippen molar-refractivity contribution in [2.24, 2.45) is 5.73 Å². The lowest BCUT2D eigenvalue weighted by Gasteiger charge is -2.40. The average molecular weight is 341 g/mol. The molecule has 1 aliphatic heterocycles. The van der Waals surface area contributed by atoms with Crippen LogP contribution in [0.3, 0.4) is 0 Å². The maximum absolute atomic E-state index is 6.68. The molecule has 4 nitrogen and oxygen atoms in total. The lowest BCUT2D eigenvalue weighted by Crippen LogP contribution is -2.52. The van der Waals surface area contributed by atoms with Gasteiger partial charge in [0.1, 0.15) is 0 Å². The van der Waals surface area contributed by atoms with E-state index in [2.05, 4.69) is 33.1 Å². The molecule has 1 saturated heterocycles. The molecule has 3 aromatic rings. The molecule has 0 unspecified atom stereocenters. The van der Waals surface area contributed by atoms with Gasteiger partial charge in [0.25, 0.3) is 0 Å². The number of fused-ring (bicyclic) bond motifs is 1. The first-order valence-electron chi connectivity index (χ1n) is 8.33. The molecule has 3 heterocycles. The number of piperidine rings is 1. The van der Waals surface area contributed by atoms with Crippen LogP contribution in [0, 0.1) is 0 Å². The maximum Gasteiger partial charge on any atom is 0.0897 e. The minimum atomic E-state index is -0.144. The Morgan fingerprint density at radius 3 is 2.62 bits per heavy atom. The number of aromatic amines is 1. The number of hydrogen-bond donors (Lipinski definition) is 2. The Balaban J connectivity index is 1.48. The summed E-state index contributed by atoms with van der Waals surface area (Å²) in [5.41, 5.74) is 10.1. The summed E-state index contributed by atoms with van der Waals surface area (Å²) >= 11 is 5.97. The van der Waals surface area contributed by atoms with Crippen molar-refractivity contribution < 1.29 is 0 Å². The molecule has 1 fully saturated rings. The topological polar surface area (TPSA) is 57.9 Å². The largest absolute Gasteiger partial charge is 0.371 e. The number of nitrogens with two attached hydrogens (primary N) is 1. The second-order valence-corrected chi connectivity index (χ2v) is 7.17. The van der Waals surface area contributed by atoms with Crippen LogP contribution in [0.2, 0.25) is 5.02 Å². The van der Waals surface area contributed by atoms with Crippen molar-refractivity contribution in [3.05, 3.63) is 59.5 Å². The first-order chi connectivity index (χ1) is 11.6. The van der Waals surface area contributed by atoms with E-state index in [-0.39, 0.29) is 5.54 Å². The first kappa shape index (κ1) is 15.5. The summed E-state index contributed by atoms with van der Waals surface area (Å²) in [6.45, 7) is 1.93. The molecule has 0 bridgehead atoms. The van der Waals surface area contributed by atoms with Crippen LogP contribution in [-0.4, -0.2) is 28.6 Å². The number of aromatic nitrogens is 2. The minimum Gasteiger partial charge on any atom is -0.371 e. The Labute approximate surface area is 146 Å². The zero-order valence-electron chi connectivity index (χ0n) is 13.5. The molecule has 0 atom stereocenters. The van der Waals surface area contributed by atoms with E-state index in [0.717, 1.165) is 42.9 Å². The summed E-state index contributed by atoms with van der Waals surface area (Å²) in [5.74, 6) is 0. The number of pyridine rings is 1. The monoisotopic (exact) mass is 340 g/mol. The molecule has 0 spiro atoms. The second-order valence-electron chi connectivity index (χ2n) is 6.74. The number of nitrogens with zero attached hydrogens (tertiary/aromatic N) is 2. The fraction of sp³-hybridized carbons (Fsp3) is 0.316. The third-order valence-corrected chi connectivity index (χ3v) is 5.27. The number of benzene rings is 1. The van der Waals surface area contributed by atoms with E-state index < -0.39 is 0 Å². The summed E-state index contributed by atoms with van der Waals surface area (Å²) in [4.78, 5) is 9.96. The van der Waals surface area contributed by atoms with Crippen molar-refractivity contribution in [1.29, 1.82) is 0 Å². The van der Waals surface area contributed by atoms with E-state index in [1.54, 1.807) is 0 Å². The van der Waals surface area contributed by atoms with Crippen molar-refractivity contribution in [1.82, 2.24) is 9.97 Å². The van der Waals surface area contributed by atoms with Gasteiger partial charge >= 0.3 is 0 Å². The highest BCUT2D eigenvalue weighted by atomic mass is 35.5. The zero-order valence-corrected chi connectivity index (χ0v) is 14.3. The fourth-order valence-corrected chi connectivity index (χ4v) is 3.73. The highest BCUT2D eigenvalue weighted by molar-refractivity contribution is 6.30. The molecule has 0 amide bonds. The van der Waals surface area contributed by atoms with Gasteiger partial charge in [0, 0.05) is 53.3 Å². The predicted molar refractivity (Wildman–Crippen MR) is 99.6 cm³/mol. The molecule has 0 radical (unpaired) electrons. The van der Waals surface area contributed by atoms with Crippen molar-refractivity contribution in [3.8, 4) is 0 Å². The summed E-state index contributed by atoms with van der Waals surface area (Å²) in [7, 11) is 0. The van der Waals surface area contributed by atoms with E-state index in [9.17, 15) is 0 Å². The number of halogens is 1. The first-order valence-corrected chi connectivity index (χ1v) is 8.71. The third kappa shape index (κ3) is 2.99.